The largest absolute Gasteiger partial charge is 0.497 e. The molecule has 0 heterocycles. The first kappa shape index (κ1) is 17.0. The van der Waals surface area contributed by atoms with Gasteiger partial charge < -0.3 is 9.47 Å². The first-order chi connectivity index (χ1) is 11.6. The molecule has 0 bridgehead atoms. The summed E-state index contributed by atoms with van der Waals surface area (Å²) in [5.41, 5.74) is 2.02. The summed E-state index contributed by atoms with van der Waals surface area (Å²) in [6, 6.07) is 13.4. The van der Waals surface area contributed by atoms with E-state index >= 15 is 0 Å². The molecule has 2 aromatic carbocycles. The van der Waals surface area contributed by atoms with Gasteiger partial charge in [-0.2, -0.15) is 0 Å². The van der Waals surface area contributed by atoms with Crippen LogP contribution in [0.2, 0.25) is 0 Å². The lowest BCUT2D eigenvalue weighted by Gasteiger charge is -2.21. The van der Waals surface area contributed by atoms with Crippen molar-refractivity contribution >= 4 is 10.8 Å². The highest BCUT2D eigenvalue weighted by atomic mass is 32.2. The van der Waals surface area contributed by atoms with Gasteiger partial charge in [0.2, 0.25) is 0 Å². The molecule has 1 atom stereocenters. The third-order valence-corrected chi connectivity index (χ3v) is 5.36. The third-order valence-electron chi connectivity index (χ3n) is 3.91. The average Bonchev–Trinajstić information content (AvgIpc) is 3.10. The molecule has 0 saturated heterocycles. The SMILES string of the molecule is COc1ccc(OC)c([C]2[CH][CH][CH][C]2[S@@](=O)c2ccc(C)cc2)c1. The van der Waals surface area contributed by atoms with Gasteiger partial charge in [-0.25, -0.2) is 0 Å². The zero-order chi connectivity index (χ0) is 17.1. The molecule has 2 aromatic rings. The molecule has 1 fully saturated rings. The molecule has 0 amide bonds. The first-order valence-electron chi connectivity index (χ1n) is 7.60. The van der Waals surface area contributed by atoms with E-state index in [0.29, 0.717) is 0 Å². The Morgan fingerprint density at radius 1 is 0.917 bits per heavy atom. The molecule has 0 aliphatic heterocycles. The second-order valence-corrected chi connectivity index (χ2v) is 6.90. The zero-order valence-electron chi connectivity index (χ0n) is 13.9. The van der Waals surface area contributed by atoms with E-state index in [9.17, 15) is 4.21 Å². The minimum atomic E-state index is -1.25. The van der Waals surface area contributed by atoms with Crippen molar-refractivity contribution in [3.63, 3.8) is 0 Å². The Labute approximate surface area is 146 Å². The Balaban J connectivity index is 1.93. The van der Waals surface area contributed by atoms with Crippen LogP contribution < -0.4 is 9.47 Å². The Hall–Kier alpha value is -1.81. The molecule has 123 valence electrons. The van der Waals surface area contributed by atoms with Crippen molar-refractivity contribution in [3.05, 3.63) is 84.0 Å². The Bertz CT molecular complexity index is 724. The lowest BCUT2D eigenvalue weighted by molar-refractivity contribution is 0.400. The molecule has 1 aliphatic carbocycles. The van der Waals surface area contributed by atoms with Crippen LogP contribution in [0.15, 0.2) is 47.4 Å². The second kappa shape index (κ2) is 7.39. The van der Waals surface area contributed by atoms with E-state index in [0.717, 1.165) is 38.7 Å². The maximum absolute atomic E-state index is 13.0. The van der Waals surface area contributed by atoms with Crippen LogP contribution in [0.5, 0.6) is 11.5 Å². The highest BCUT2D eigenvalue weighted by Gasteiger charge is 2.37. The molecule has 1 saturated carbocycles. The van der Waals surface area contributed by atoms with Gasteiger partial charge in [0.25, 0.3) is 0 Å². The highest BCUT2D eigenvalue weighted by molar-refractivity contribution is 7.88. The highest BCUT2D eigenvalue weighted by Crippen LogP contribution is 2.46. The summed E-state index contributed by atoms with van der Waals surface area (Å²) in [5, 5.41) is 0.769. The molecule has 0 spiro atoms. The third kappa shape index (κ3) is 3.34. The summed E-state index contributed by atoms with van der Waals surface area (Å²) in [4.78, 5) is 0.787. The van der Waals surface area contributed by atoms with E-state index in [2.05, 4.69) is 0 Å². The smallest absolute Gasteiger partial charge is 0.122 e. The number of hydrogen-bond acceptors (Lipinski definition) is 3. The van der Waals surface area contributed by atoms with Gasteiger partial charge >= 0.3 is 0 Å². The van der Waals surface area contributed by atoms with Crippen LogP contribution in [0.25, 0.3) is 0 Å². The summed E-state index contributed by atoms with van der Waals surface area (Å²) in [6.45, 7) is 2.02. The number of aryl methyl sites for hydroxylation is 1. The molecule has 5 radical (unpaired) electrons. The molecule has 3 nitrogen and oxygen atoms in total. The van der Waals surface area contributed by atoms with Crippen molar-refractivity contribution in [2.45, 2.75) is 11.8 Å². The van der Waals surface area contributed by atoms with E-state index in [1.807, 2.05) is 68.7 Å². The fraction of sp³-hybridized carbons (Fsp3) is 0.150. The lowest BCUT2D eigenvalue weighted by atomic mass is 9.96. The molecule has 24 heavy (non-hydrogen) atoms. The summed E-state index contributed by atoms with van der Waals surface area (Å²) in [7, 11) is 2.01. The van der Waals surface area contributed by atoms with Crippen molar-refractivity contribution in [1.82, 2.24) is 0 Å². The van der Waals surface area contributed by atoms with Crippen molar-refractivity contribution in [2.24, 2.45) is 0 Å². The quantitative estimate of drug-likeness (QED) is 0.829. The van der Waals surface area contributed by atoms with Crippen LogP contribution in [0.1, 0.15) is 11.1 Å². The van der Waals surface area contributed by atoms with Crippen LogP contribution >= 0.6 is 0 Å². The molecular formula is C20H19O3S. The summed E-state index contributed by atoms with van der Waals surface area (Å²) < 4.78 is 23.8. The Morgan fingerprint density at radius 2 is 1.67 bits per heavy atom. The monoisotopic (exact) mass is 339 g/mol. The van der Waals surface area contributed by atoms with Crippen LogP contribution in [-0.2, 0) is 10.8 Å². The van der Waals surface area contributed by atoms with E-state index in [4.69, 9.17) is 9.47 Å². The van der Waals surface area contributed by atoms with Gasteiger partial charge in [-0.05, 0) is 56.5 Å². The van der Waals surface area contributed by atoms with Gasteiger partial charge in [0.15, 0.2) is 0 Å². The fourth-order valence-corrected chi connectivity index (χ4v) is 3.82. The number of ether oxygens (including phenoxy) is 2. The van der Waals surface area contributed by atoms with Gasteiger partial charge in [0.1, 0.15) is 11.5 Å². The van der Waals surface area contributed by atoms with Gasteiger partial charge in [-0.3, -0.25) is 4.21 Å². The molecule has 4 heteroatoms. The van der Waals surface area contributed by atoms with E-state index in [-0.39, 0.29) is 0 Å². The summed E-state index contributed by atoms with van der Waals surface area (Å²) >= 11 is 0. The topological polar surface area (TPSA) is 35.5 Å². The number of rotatable bonds is 5. The molecule has 0 unspecified atom stereocenters. The molecule has 0 N–H and O–H groups in total. The van der Waals surface area contributed by atoms with Gasteiger partial charge in [0, 0.05) is 16.4 Å². The maximum Gasteiger partial charge on any atom is 0.122 e. The molecule has 1 aliphatic rings. The summed E-state index contributed by atoms with van der Waals surface area (Å²) in [5.74, 6) is 2.35. The van der Waals surface area contributed by atoms with Crippen LogP contribution in [0.3, 0.4) is 0 Å². The van der Waals surface area contributed by atoms with Crippen LogP contribution in [0.4, 0.5) is 0 Å². The molecular weight excluding hydrogens is 320 g/mol. The normalized spacial score (nSPS) is 17.0. The first-order valence-corrected chi connectivity index (χ1v) is 8.75. The summed E-state index contributed by atoms with van der Waals surface area (Å²) in [6.07, 6.45) is 5.76. The molecule has 3 rings (SSSR count). The van der Waals surface area contributed by atoms with Gasteiger partial charge in [0.05, 0.1) is 30.3 Å². The van der Waals surface area contributed by atoms with Crippen molar-refractivity contribution < 1.29 is 13.7 Å². The Morgan fingerprint density at radius 3 is 2.33 bits per heavy atom. The minimum absolute atomic E-state index is 0.726. The Kier molecular flexibility index (Phi) is 5.24. The van der Waals surface area contributed by atoms with Crippen molar-refractivity contribution in [2.75, 3.05) is 14.2 Å². The van der Waals surface area contributed by atoms with Crippen molar-refractivity contribution in [3.8, 4) is 11.5 Å². The second-order valence-electron chi connectivity index (χ2n) is 5.45. The number of benzene rings is 2. The predicted molar refractivity (Wildman–Crippen MR) is 95.6 cm³/mol. The lowest BCUT2D eigenvalue weighted by Crippen LogP contribution is -2.13. The predicted octanol–water partition coefficient (Wildman–Crippen LogP) is 3.90. The van der Waals surface area contributed by atoms with Crippen LogP contribution in [0, 0.1) is 37.4 Å². The maximum atomic E-state index is 13.0. The minimum Gasteiger partial charge on any atom is -0.497 e. The van der Waals surface area contributed by atoms with Gasteiger partial charge in [-0.1, -0.05) is 17.7 Å². The van der Waals surface area contributed by atoms with E-state index in [1.165, 1.54) is 0 Å². The number of methoxy groups -OCH3 is 2. The zero-order valence-corrected chi connectivity index (χ0v) is 14.7. The average molecular weight is 339 g/mol. The van der Waals surface area contributed by atoms with Crippen LogP contribution in [-0.4, -0.2) is 18.4 Å². The number of hydrogen-bond donors (Lipinski definition) is 0. The van der Waals surface area contributed by atoms with Crippen molar-refractivity contribution in [1.29, 1.82) is 0 Å². The molecule has 0 aromatic heterocycles. The van der Waals surface area contributed by atoms with Gasteiger partial charge in [-0.15, -0.1) is 0 Å². The standard InChI is InChI=1S/C20H19O3S/c1-14-7-10-16(11-8-14)24(21)20-6-4-5-17(20)18-13-15(22-2)9-12-19(18)23-3/h4-13H,1-3H3/t24-/m0/s1. The van der Waals surface area contributed by atoms with E-state index in [1.54, 1.807) is 14.2 Å². The van der Waals surface area contributed by atoms with E-state index < -0.39 is 10.8 Å². The fourth-order valence-electron chi connectivity index (χ4n) is 2.60.